The van der Waals surface area contributed by atoms with Crippen LogP contribution in [0.3, 0.4) is 0 Å². The molecule has 1 saturated heterocycles. The molecule has 3 heterocycles. The fourth-order valence-corrected chi connectivity index (χ4v) is 4.82. The molecule has 2 N–H and O–H groups in total. The molecular formula is C25H33N7O3. The predicted octanol–water partition coefficient (Wildman–Crippen LogP) is 2.87. The summed E-state index contributed by atoms with van der Waals surface area (Å²) < 4.78 is 12.9. The van der Waals surface area contributed by atoms with E-state index in [1.54, 1.807) is 10.6 Å². The van der Waals surface area contributed by atoms with Crippen LogP contribution in [-0.4, -0.2) is 65.7 Å². The zero-order valence-electron chi connectivity index (χ0n) is 20.2. The summed E-state index contributed by atoms with van der Waals surface area (Å²) in [4.78, 5) is 20.5. The Kier molecular flexibility index (Phi) is 7.39. The Morgan fingerprint density at radius 2 is 1.86 bits per heavy atom. The maximum absolute atomic E-state index is 13.4. The van der Waals surface area contributed by atoms with Gasteiger partial charge in [-0.3, -0.25) is 9.36 Å². The van der Waals surface area contributed by atoms with Crippen LogP contribution in [0, 0.1) is 0 Å². The summed E-state index contributed by atoms with van der Waals surface area (Å²) in [5, 5.41) is 15.3. The Labute approximate surface area is 204 Å². The van der Waals surface area contributed by atoms with Gasteiger partial charge in [-0.25, -0.2) is 0 Å². The molecule has 0 spiro atoms. The van der Waals surface area contributed by atoms with Crippen LogP contribution in [0.25, 0.3) is 11.2 Å². The first-order chi connectivity index (χ1) is 17.2. The maximum atomic E-state index is 13.4. The Balaban J connectivity index is 1.41. The number of rotatable bonds is 9. The monoisotopic (exact) mass is 479 g/mol. The first kappa shape index (κ1) is 23.5. The van der Waals surface area contributed by atoms with E-state index in [0.717, 1.165) is 57.5 Å². The summed E-state index contributed by atoms with van der Waals surface area (Å²) in [6, 6.07) is 9.96. The summed E-state index contributed by atoms with van der Waals surface area (Å²) >= 11 is 0. The molecule has 3 aromatic rings. The van der Waals surface area contributed by atoms with E-state index >= 15 is 0 Å². The smallest absolute Gasteiger partial charge is 0.294 e. The first-order valence-electron chi connectivity index (χ1n) is 12.6. The van der Waals surface area contributed by atoms with Crippen molar-refractivity contribution >= 4 is 28.5 Å². The minimum absolute atomic E-state index is 0.0864. The molecule has 0 unspecified atom stereocenters. The van der Waals surface area contributed by atoms with Crippen molar-refractivity contribution in [3.05, 3.63) is 40.7 Å². The normalized spacial score (nSPS) is 16.7. The summed E-state index contributed by atoms with van der Waals surface area (Å²) in [5.41, 5.74) is 2.97. The topological polar surface area (TPSA) is 106 Å². The number of aromatic nitrogens is 4. The largest absolute Gasteiger partial charge is 0.485 e. The van der Waals surface area contributed by atoms with Gasteiger partial charge in [0.05, 0.1) is 6.61 Å². The van der Waals surface area contributed by atoms with Crippen LogP contribution in [0.5, 0.6) is 5.75 Å². The van der Waals surface area contributed by atoms with Gasteiger partial charge in [0.15, 0.2) is 11.4 Å². The highest BCUT2D eigenvalue weighted by molar-refractivity contribution is 5.73. The number of ether oxygens (including phenoxy) is 2. The van der Waals surface area contributed by atoms with Gasteiger partial charge in [0.1, 0.15) is 12.1 Å². The number of nitrogens with zero attached hydrogens (tertiary/aromatic N) is 5. The number of hydrogen-bond acceptors (Lipinski definition) is 9. The second kappa shape index (κ2) is 11.0. The highest BCUT2D eigenvalue weighted by Crippen LogP contribution is 2.31. The van der Waals surface area contributed by atoms with Crippen LogP contribution in [0.4, 0.5) is 17.3 Å². The first-order valence-corrected chi connectivity index (χ1v) is 12.6. The van der Waals surface area contributed by atoms with Gasteiger partial charge in [0, 0.05) is 56.3 Å². The van der Waals surface area contributed by atoms with Gasteiger partial charge in [-0.2, -0.15) is 4.98 Å². The highest BCUT2D eigenvalue weighted by Gasteiger charge is 2.24. The molecule has 1 aromatic carbocycles. The average Bonchev–Trinajstić information content (AvgIpc) is 3.42. The number of piperazine rings is 1. The van der Waals surface area contributed by atoms with Crippen molar-refractivity contribution in [2.75, 3.05) is 56.2 Å². The zero-order valence-corrected chi connectivity index (χ0v) is 20.2. The molecule has 2 aliphatic rings. The molecule has 1 aliphatic heterocycles. The lowest BCUT2D eigenvalue weighted by atomic mass is 10.2. The van der Waals surface area contributed by atoms with E-state index in [0.29, 0.717) is 36.9 Å². The lowest BCUT2D eigenvalue weighted by Gasteiger charge is -2.29. The Hall–Kier alpha value is -3.24. The quantitative estimate of drug-likeness (QED) is 0.448. The minimum atomic E-state index is -0.173. The van der Waals surface area contributed by atoms with Crippen LogP contribution in [-0.2, 0) is 4.74 Å². The molecule has 10 nitrogen and oxygen atoms in total. The third-order valence-electron chi connectivity index (χ3n) is 6.60. The van der Waals surface area contributed by atoms with Crippen molar-refractivity contribution in [3.8, 4) is 5.75 Å². The molecular weight excluding hydrogens is 446 g/mol. The predicted molar refractivity (Wildman–Crippen MR) is 136 cm³/mol. The third kappa shape index (κ3) is 5.38. The zero-order chi connectivity index (χ0) is 24.0. The molecule has 186 valence electrons. The van der Waals surface area contributed by atoms with Crippen LogP contribution >= 0.6 is 0 Å². The van der Waals surface area contributed by atoms with Crippen LogP contribution in [0.2, 0.25) is 0 Å². The van der Waals surface area contributed by atoms with E-state index in [-0.39, 0.29) is 17.4 Å². The summed E-state index contributed by atoms with van der Waals surface area (Å²) in [6.07, 6.45) is 4.07. The van der Waals surface area contributed by atoms with Crippen molar-refractivity contribution in [2.24, 2.45) is 0 Å². The lowest BCUT2D eigenvalue weighted by molar-refractivity contribution is 0.109. The van der Waals surface area contributed by atoms with Gasteiger partial charge >= 0.3 is 0 Å². The van der Waals surface area contributed by atoms with Crippen LogP contribution in [0.1, 0.15) is 38.6 Å². The highest BCUT2D eigenvalue weighted by atomic mass is 16.5. The number of hydrogen-bond donors (Lipinski definition) is 2. The van der Waals surface area contributed by atoms with E-state index in [9.17, 15) is 4.79 Å². The number of fused-ring (bicyclic) bond motifs is 1. The van der Waals surface area contributed by atoms with E-state index in [1.807, 2.05) is 19.1 Å². The van der Waals surface area contributed by atoms with E-state index in [4.69, 9.17) is 14.5 Å². The Morgan fingerprint density at radius 3 is 2.60 bits per heavy atom. The summed E-state index contributed by atoms with van der Waals surface area (Å²) in [6.45, 7) is 7.27. The van der Waals surface area contributed by atoms with Gasteiger partial charge in [0.25, 0.3) is 5.56 Å². The maximum Gasteiger partial charge on any atom is 0.294 e. The molecule has 0 amide bonds. The number of pyridine rings is 1. The molecule has 2 fully saturated rings. The van der Waals surface area contributed by atoms with Crippen molar-refractivity contribution in [1.82, 2.24) is 25.1 Å². The number of benzene rings is 1. The van der Waals surface area contributed by atoms with E-state index in [2.05, 4.69) is 37.9 Å². The molecule has 0 atom stereocenters. The number of anilines is 3. The Bertz CT molecular complexity index is 1190. The van der Waals surface area contributed by atoms with E-state index in [1.165, 1.54) is 5.69 Å². The van der Waals surface area contributed by atoms with Gasteiger partial charge in [0.2, 0.25) is 5.95 Å². The van der Waals surface area contributed by atoms with Crippen molar-refractivity contribution in [1.29, 1.82) is 0 Å². The molecule has 0 radical (unpaired) electrons. The number of nitrogens with one attached hydrogen (secondary N) is 2. The molecule has 2 aromatic heterocycles. The molecule has 1 aliphatic carbocycles. The molecule has 1 saturated carbocycles. The minimum Gasteiger partial charge on any atom is -0.485 e. The third-order valence-corrected chi connectivity index (χ3v) is 6.60. The molecule has 0 bridgehead atoms. The van der Waals surface area contributed by atoms with Crippen LogP contribution < -0.4 is 25.8 Å². The summed E-state index contributed by atoms with van der Waals surface area (Å²) in [7, 11) is 0. The van der Waals surface area contributed by atoms with Gasteiger partial charge < -0.3 is 25.0 Å². The SMILES string of the molecule is CCOCCOc1cc2nnc(Nc3ccc(N4CCNCC4)cc3)nc2n(C2CCCC2)c1=O. The van der Waals surface area contributed by atoms with E-state index < -0.39 is 0 Å². The molecule has 10 heteroatoms. The fourth-order valence-electron chi connectivity index (χ4n) is 4.82. The molecule has 5 rings (SSSR count). The van der Waals surface area contributed by atoms with Crippen molar-refractivity contribution in [2.45, 2.75) is 38.6 Å². The van der Waals surface area contributed by atoms with Gasteiger partial charge in [-0.15, -0.1) is 10.2 Å². The average molecular weight is 480 g/mol. The van der Waals surface area contributed by atoms with Gasteiger partial charge in [-0.05, 0) is 44.0 Å². The second-order valence-corrected chi connectivity index (χ2v) is 8.92. The van der Waals surface area contributed by atoms with Crippen molar-refractivity contribution in [3.63, 3.8) is 0 Å². The lowest BCUT2D eigenvalue weighted by Crippen LogP contribution is -2.43. The molecule has 35 heavy (non-hydrogen) atoms. The fraction of sp³-hybridized carbons (Fsp3) is 0.520. The Morgan fingerprint density at radius 1 is 1.09 bits per heavy atom. The second-order valence-electron chi connectivity index (χ2n) is 8.92. The van der Waals surface area contributed by atoms with Gasteiger partial charge in [-0.1, -0.05) is 12.8 Å². The van der Waals surface area contributed by atoms with Crippen molar-refractivity contribution < 1.29 is 9.47 Å². The standard InChI is InChI=1S/C25H33N7O3/c1-2-34-15-16-35-22-17-21-23(32(24(22)33)20-5-3-4-6-20)28-25(30-29-21)27-18-7-9-19(10-8-18)31-13-11-26-12-14-31/h7-10,17,20,26H,2-6,11-16H2,1H3,(H,27,28,30). The van der Waals surface area contributed by atoms with Crippen LogP contribution in [0.15, 0.2) is 35.1 Å². The summed E-state index contributed by atoms with van der Waals surface area (Å²) in [5.74, 6) is 0.632.